The van der Waals surface area contributed by atoms with Crippen LogP contribution in [0.15, 0.2) is 24.8 Å². The third-order valence-corrected chi connectivity index (χ3v) is 2.92. The Balaban J connectivity index is 0. The summed E-state index contributed by atoms with van der Waals surface area (Å²) in [6.07, 6.45) is 4.39. The quantitative estimate of drug-likeness (QED) is 0.541. The molecule has 0 rings (SSSR count). The summed E-state index contributed by atoms with van der Waals surface area (Å²) in [5.41, 5.74) is 1.64. The van der Waals surface area contributed by atoms with E-state index in [1.807, 2.05) is 6.08 Å². The predicted octanol–water partition coefficient (Wildman–Crippen LogP) is 5.22. The first-order chi connectivity index (χ1) is 6.30. The molecular formula is C14H28. The monoisotopic (exact) mass is 196 g/mol. The van der Waals surface area contributed by atoms with Crippen molar-refractivity contribution in [2.24, 2.45) is 11.3 Å². The highest BCUT2D eigenvalue weighted by atomic mass is 14.1. The summed E-state index contributed by atoms with van der Waals surface area (Å²) in [5.74, 6) is 0.708. The van der Waals surface area contributed by atoms with Crippen molar-refractivity contribution in [1.29, 1.82) is 0 Å². The topological polar surface area (TPSA) is 0 Å². The molecule has 0 spiro atoms. The molecule has 0 fully saturated rings. The highest BCUT2D eigenvalue weighted by Gasteiger charge is 2.06. The van der Waals surface area contributed by atoms with E-state index in [0.29, 0.717) is 11.3 Å². The number of hydrogen-bond donors (Lipinski definition) is 0. The van der Waals surface area contributed by atoms with Gasteiger partial charge in [-0.05, 0) is 31.1 Å². The van der Waals surface area contributed by atoms with E-state index >= 15 is 0 Å². The Morgan fingerprint density at radius 2 is 1.79 bits per heavy atom. The predicted molar refractivity (Wildman–Crippen MR) is 68.5 cm³/mol. The van der Waals surface area contributed by atoms with Gasteiger partial charge in [-0.1, -0.05) is 52.8 Å². The third kappa shape index (κ3) is 9.57. The first-order valence-electron chi connectivity index (χ1n) is 5.59. The van der Waals surface area contributed by atoms with Crippen LogP contribution in [0.4, 0.5) is 0 Å². The molecule has 0 heteroatoms. The lowest BCUT2D eigenvalue weighted by Crippen LogP contribution is -2.02. The van der Waals surface area contributed by atoms with Crippen LogP contribution in [-0.4, -0.2) is 0 Å². The zero-order valence-electron chi connectivity index (χ0n) is 11.0. The Morgan fingerprint density at radius 1 is 1.36 bits per heavy atom. The van der Waals surface area contributed by atoms with Gasteiger partial charge in [-0.25, -0.2) is 0 Å². The standard InChI is InChI=1S/2C7H14/c1-5-7(3,4)6-2;1-5-7(4)6(2)3/h5H,1,6H2,2-4H3;7H,2,5H2,1,3-4H3. The maximum atomic E-state index is 3.83. The van der Waals surface area contributed by atoms with Gasteiger partial charge in [0.15, 0.2) is 0 Å². The molecule has 0 aromatic rings. The fourth-order valence-corrected chi connectivity index (χ4v) is 0.493. The molecule has 0 aliphatic rings. The van der Waals surface area contributed by atoms with E-state index in [9.17, 15) is 0 Å². The Bertz CT molecular complexity index is 163. The van der Waals surface area contributed by atoms with E-state index in [4.69, 9.17) is 0 Å². The van der Waals surface area contributed by atoms with Crippen molar-refractivity contribution >= 4 is 0 Å². The summed E-state index contributed by atoms with van der Waals surface area (Å²) in [6.45, 7) is 20.5. The zero-order valence-corrected chi connectivity index (χ0v) is 11.0. The van der Waals surface area contributed by atoms with E-state index in [1.165, 1.54) is 18.4 Å². The minimum atomic E-state index is 0.347. The lowest BCUT2D eigenvalue weighted by atomic mass is 9.91. The molecule has 0 bridgehead atoms. The summed E-state index contributed by atoms with van der Waals surface area (Å²) in [6, 6.07) is 0. The van der Waals surface area contributed by atoms with E-state index in [2.05, 4.69) is 54.7 Å². The van der Waals surface area contributed by atoms with Crippen molar-refractivity contribution in [2.75, 3.05) is 0 Å². The van der Waals surface area contributed by atoms with Crippen molar-refractivity contribution in [1.82, 2.24) is 0 Å². The molecule has 0 radical (unpaired) electrons. The summed E-state index contributed by atoms with van der Waals surface area (Å²) >= 11 is 0. The summed E-state index contributed by atoms with van der Waals surface area (Å²) in [7, 11) is 0. The highest BCUT2D eigenvalue weighted by molar-refractivity contribution is 4.92. The minimum Gasteiger partial charge on any atom is -0.103 e. The van der Waals surface area contributed by atoms with Crippen LogP contribution in [0, 0.1) is 11.3 Å². The minimum absolute atomic E-state index is 0.347. The number of hydrogen-bond acceptors (Lipinski definition) is 0. The lowest BCUT2D eigenvalue weighted by molar-refractivity contribution is 0.463. The average molecular weight is 196 g/mol. The number of allylic oxidation sites excluding steroid dienone is 2. The Morgan fingerprint density at radius 3 is 1.79 bits per heavy atom. The van der Waals surface area contributed by atoms with Gasteiger partial charge in [0, 0.05) is 0 Å². The molecule has 0 aromatic carbocycles. The Kier molecular flexibility index (Phi) is 8.93. The van der Waals surface area contributed by atoms with E-state index in [-0.39, 0.29) is 0 Å². The zero-order chi connectivity index (χ0) is 11.8. The summed E-state index contributed by atoms with van der Waals surface area (Å²) in [5, 5.41) is 0. The van der Waals surface area contributed by atoms with Gasteiger partial charge in [0.05, 0.1) is 0 Å². The molecule has 1 atom stereocenters. The van der Waals surface area contributed by atoms with Crippen LogP contribution in [0.2, 0.25) is 0 Å². The van der Waals surface area contributed by atoms with Gasteiger partial charge < -0.3 is 0 Å². The fraction of sp³-hybridized carbons (Fsp3) is 0.714. The molecule has 0 aliphatic carbocycles. The maximum absolute atomic E-state index is 3.83. The van der Waals surface area contributed by atoms with Crippen molar-refractivity contribution < 1.29 is 0 Å². The van der Waals surface area contributed by atoms with Crippen LogP contribution in [0.3, 0.4) is 0 Å². The molecule has 0 saturated heterocycles. The molecule has 14 heavy (non-hydrogen) atoms. The normalized spacial score (nSPS) is 12.4. The van der Waals surface area contributed by atoms with Gasteiger partial charge in [-0.15, -0.1) is 6.58 Å². The molecule has 0 aliphatic heterocycles. The van der Waals surface area contributed by atoms with Crippen LogP contribution >= 0.6 is 0 Å². The van der Waals surface area contributed by atoms with Crippen LogP contribution in [0.5, 0.6) is 0 Å². The second-order valence-corrected chi connectivity index (χ2v) is 4.70. The van der Waals surface area contributed by atoms with E-state index < -0.39 is 0 Å². The largest absolute Gasteiger partial charge is 0.103 e. The van der Waals surface area contributed by atoms with Crippen molar-refractivity contribution in [2.45, 2.75) is 54.4 Å². The SMILES string of the molecule is C=C(C)C(C)CC.C=CC(C)(C)CC. The maximum Gasteiger partial charge on any atom is -0.0180 e. The van der Waals surface area contributed by atoms with Crippen LogP contribution in [0.1, 0.15) is 54.4 Å². The lowest BCUT2D eigenvalue weighted by Gasteiger charge is -2.14. The Labute approximate surface area is 91.1 Å². The average Bonchev–Trinajstić information content (AvgIpc) is 2.17. The molecule has 0 N–H and O–H groups in total. The molecule has 84 valence electrons. The molecule has 0 amide bonds. The second-order valence-electron chi connectivity index (χ2n) is 4.70. The van der Waals surface area contributed by atoms with Gasteiger partial charge in [0.2, 0.25) is 0 Å². The summed E-state index contributed by atoms with van der Waals surface area (Å²) < 4.78 is 0. The van der Waals surface area contributed by atoms with Crippen molar-refractivity contribution in [3.8, 4) is 0 Å². The fourth-order valence-electron chi connectivity index (χ4n) is 0.493. The first kappa shape index (κ1) is 15.9. The molecular weight excluding hydrogens is 168 g/mol. The van der Waals surface area contributed by atoms with Gasteiger partial charge in [0.25, 0.3) is 0 Å². The van der Waals surface area contributed by atoms with Crippen molar-refractivity contribution in [3.05, 3.63) is 24.8 Å². The first-order valence-corrected chi connectivity index (χ1v) is 5.59. The third-order valence-electron chi connectivity index (χ3n) is 2.92. The van der Waals surface area contributed by atoms with Gasteiger partial charge in [-0.3, -0.25) is 0 Å². The molecule has 0 aromatic heterocycles. The van der Waals surface area contributed by atoms with Crippen molar-refractivity contribution in [3.63, 3.8) is 0 Å². The molecule has 0 nitrogen and oxygen atoms in total. The number of rotatable bonds is 4. The van der Waals surface area contributed by atoms with E-state index in [0.717, 1.165) is 0 Å². The Hall–Kier alpha value is -0.520. The van der Waals surface area contributed by atoms with Crippen LogP contribution in [-0.2, 0) is 0 Å². The second kappa shape index (κ2) is 7.84. The van der Waals surface area contributed by atoms with Crippen LogP contribution < -0.4 is 0 Å². The van der Waals surface area contributed by atoms with Gasteiger partial charge >= 0.3 is 0 Å². The summed E-state index contributed by atoms with van der Waals surface area (Å²) in [4.78, 5) is 0. The molecule has 0 saturated carbocycles. The molecule has 1 unspecified atom stereocenters. The van der Waals surface area contributed by atoms with Crippen LogP contribution in [0.25, 0.3) is 0 Å². The van der Waals surface area contributed by atoms with Gasteiger partial charge in [0.1, 0.15) is 0 Å². The van der Waals surface area contributed by atoms with E-state index in [1.54, 1.807) is 0 Å². The van der Waals surface area contributed by atoms with Gasteiger partial charge in [-0.2, -0.15) is 0 Å². The molecule has 0 heterocycles. The smallest absolute Gasteiger partial charge is 0.0180 e. The highest BCUT2D eigenvalue weighted by Crippen LogP contribution is 2.19.